The lowest BCUT2D eigenvalue weighted by Crippen LogP contribution is -2.29. The quantitative estimate of drug-likeness (QED) is 0.414. The maximum atomic E-state index is 12.5. The number of ether oxygens (including phenoxy) is 2. The van der Waals surface area contributed by atoms with Gasteiger partial charge in [0.05, 0.1) is 19.1 Å². The Morgan fingerprint density at radius 3 is 2.40 bits per heavy atom. The lowest BCUT2D eigenvalue weighted by atomic mass is 10.3. The van der Waals surface area contributed by atoms with E-state index in [0.29, 0.717) is 35.5 Å². The fourth-order valence-electron chi connectivity index (χ4n) is 2.53. The van der Waals surface area contributed by atoms with Gasteiger partial charge in [-0.2, -0.15) is 0 Å². The van der Waals surface area contributed by atoms with Crippen LogP contribution < -0.4 is 24.8 Å². The maximum Gasteiger partial charge on any atom is 0.240 e. The zero-order chi connectivity index (χ0) is 21.4. The average Bonchev–Trinajstić information content (AvgIpc) is 2.77. The van der Waals surface area contributed by atoms with Gasteiger partial charge >= 0.3 is 0 Å². The van der Waals surface area contributed by atoms with E-state index in [-0.39, 0.29) is 11.4 Å². The Bertz CT molecular complexity index is 1080. The van der Waals surface area contributed by atoms with E-state index >= 15 is 0 Å². The predicted molar refractivity (Wildman–Crippen MR) is 113 cm³/mol. The van der Waals surface area contributed by atoms with Crippen LogP contribution in [0, 0.1) is 0 Å². The van der Waals surface area contributed by atoms with Gasteiger partial charge in [0, 0.05) is 31.4 Å². The topological polar surface area (TPSA) is 127 Å². The summed E-state index contributed by atoms with van der Waals surface area (Å²) in [5.74, 6) is 2.57. The molecule has 0 unspecified atom stereocenters. The number of hydrogen-bond acceptors (Lipinski definition) is 9. The molecule has 158 valence electrons. The van der Waals surface area contributed by atoms with Gasteiger partial charge in [-0.1, -0.05) is 6.07 Å². The SMILES string of the molecule is COc1ccc(S(=O)(=O)NCCNc2cc(Nc3ccccn3)ncn2)cc1OC. The third kappa shape index (κ3) is 5.55. The normalized spacial score (nSPS) is 11.0. The number of sulfonamides is 1. The minimum absolute atomic E-state index is 0.0871. The van der Waals surface area contributed by atoms with E-state index in [0.717, 1.165) is 0 Å². The van der Waals surface area contributed by atoms with Crippen molar-refractivity contribution in [2.45, 2.75) is 4.90 Å². The number of hydrogen-bond donors (Lipinski definition) is 3. The fourth-order valence-corrected chi connectivity index (χ4v) is 3.58. The number of anilines is 3. The minimum atomic E-state index is -3.70. The van der Waals surface area contributed by atoms with Gasteiger partial charge in [0.2, 0.25) is 10.0 Å². The molecule has 3 aromatic rings. The molecule has 0 spiro atoms. The van der Waals surface area contributed by atoms with E-state index in [1.165, 1.54) is 32.7 Å². The molecule has 0 bridgehead atoms. The van der Waals surface area contributed by atoms with E-state index < -0.39 is 10.0 Å². The zero-order valence-corrected chi connectivity index (χ0v) is 17.3. The first-order chi connectivity index (χ1) is 14.5. The van der Waals surface area contributed by atoms with Crippen molar-refractivity contribution in [3.63, 3.8) is 0 Å². The molecule has 30 heavy (non-hydrogen) atoms. The van der Waals surface area contributed by atoms with Gasteiger partial charge in [0.15, 0.2) is 11.5 Å². The summed E-state index contributed by atoms with van der Waals surface area (Å²) in [4.78, 5) is 12.5. The van der Waals surface area contributed by atoms with Crippen LogP contribution in [0.3, 0.4) is 0 Å². The molecule has 0 radical (unpaired) electrons. The molecule has 0 aliphatic rings. The van der Waals surface area contributed by atoms with Gasteiger partial charge in [0.25, 0.3) is 0 Å². The Morgan fingerprint density at radius 2 is 1.67 bits per heavy atom. The Labute approximate surface area is 174 Å². The van der Waals surface area contributed by atoms with Crippen molar-refractivity contribution >= 4 is 27.5 Å². The van der Waals surface area contributed by atoms with E-state index in [9.17, 15) is 8.42 Å². The first-order valence-electron chi connectivity index (χ1n) is 8.97. The van der Waals surface area contributed by atoms with Crippen LogP contribution in [0.25, 0.3) is 0 Å². The van der Waals surface area contributed by atoms with Gasteiger partial charge in [-0.3, -0.25) is 0 Å². The second-order valence-corrected chi connectivity index (χ2v) is 7.74. The lowest BCUT2D eigenvalue weighted by Gasteiger charge is -2.12. The Balaban J connectivity index is 1.55. The van der Waals surface area contributed by atoms with Gasteiger partial charge in [-0.15, -0.1) is 0 Å². The molecule has 0 saturated carbocycles. The molecular formula is C19H22N6O4S. The van der Waals surface area contributed by atoms with Crippen LogP contribution in [0.4, 0.5) is 17.5 Å². The van der Waals surface area contributed by atoms with Gasteiger partial charge < -0.3 is 20.1 Å². The molecule has 1 aromatic carbocycles. The van der Waals surface area contributed by atoms with Crippen molar-refractivity contribution in [2.24, 2.45) is 0 Å². The first kappa shape index (κ1) is 21.3. The summed E-state index contributed by atoms with van der Waals surface area (Å²) in [5, 5.41) is 6.12. The number of methoxy groups -OCH3 is 2. The first-order valence-corrected chi connectivity index (χ1v) is 10.5. The van der Waals surface area contributed by atoms with Gasteiger partial charge in [-0.25, -0.2) is 28.1 Å². The number of aromatic nitrogens is 3. The second-order valence-electron chi connectivity index (χ2n) is 5.97. The van der Waals surface area contributed by atoms with Crippen LogP contribution in [-0.4, -0.2) is 50.7 Å². The van der Waals surface area contributed by atoms with Crippen molar-refractivity contribution in [3.8, 4) is 11.5 Å². The molecule has 2 aromatic heterocycles. The molecule has 0 fully saturated rings. The summed E-state index contributed by atoms with van der Waals surface area (Å²) >= 11 is 0. The van der Waals surface area contributed by atoms with Crippen LogP contribution in [-0.2, 0) is 10.0 Å². The summed E-state index contributed by atoms with van der Waals surface area (Å²) < 4.78 is 37.8. The molecule has 2 heterocycles. The smallest absolute Gasteiger partial charge is 0.240 e. The lowest BCUT2D eigenvalue weighted by molar-refractivity contribution is 0.354. The molecule has 0 aliphatic heterocycles. The summed E-state index contributed by atoms with van der Waals surface area (Å²) in [5.41, 5.74) is 0. The van der Waals surface area contributed by atoms with Crippen LogP contribution in [0.2, 0.25) is 0 Å². The van der Waals surface area contributed by atoms with Gasteiger partial charge in [-0.05, 0) is 24.3 Å². The van der Waals surface area contributed by atoms with Crippen molar-refractivity contribution in [1.82, 2.24) is 19.7 Å². The summed E-state index contributed by atoms with van der Waals surface area (Å²) in [6.45, 7) is 0.482. The molecule has 11 heteroatoms. The van der Waals surface area contributed by atoms with Crippen LogP contribution in [0.5, 0.6) is 11.5 Å². The molecular weight excluding hydrogens is 408 g/mol. The highest BCUT2D eigenvalue weighted by molar-refractivity contribution is 7.89. The molecule has 0 aliphatic carbocycles. The third-order valence-electron chi connectivity index (χ3n) is 3.98. The van der Waals surface area contributed by atoms with Crippen molar-refractivity contribution < 1.29 is 17.9 Å². The van der Waals surface area contributed by atoms with E-state index in [2.05, 4.69) is 30.3 Å². The number of rotatable bonds is 10. The Morgan fingerprint density at radius 1 is 0.867 bits per heavy atom. The van der Waals surface area contributed by atoms with Gasteiger partial charge in [0.1, 0.15) is 23.8 Å². The molecule has 0 saturated heterocycles. The zero-order valence-electron chi connectivity index (χ0n) is 16.5. The monoisotopic (exact) mass is 430 g/mol. The van der Waals surface area contributed by atoms with Crippen molar-refractivity contribution in [2.75, 3.05) is 37.9 Å². The third-order valence-corrected chi connectivity index (χ3v) is 5.44. The van der Waals surface area contributed by atoms with E-state index in [1.54, 1.807) is 18.3 Å². The molecule has 10 nitrogen and oxygen atoms in total. The number of benzene rings is 1. The second kappa shape index (κ2) is 9.85. The van der Waals surface area contributed by atoms with Crippen LogP contribution >= 0.6 is 0 Å². The van der Waals surface area contributed by atoms with E-state index in [1.807, 2.05) is 18.2 Å². The predicted octanol–water partition coefficient (Wildman–Crippen LogP) is 2.02. The highest BCUT2D eigenvalue weighted by Crippen LogP contribution is 2.29. The number of nitrogens with one attached hydrogen (secondary N) is 3. The van der Waals surface area contributed by atoms with Crippen molar-refractivity contribution in [1.29, 1.82) is 0 Å². The van der Waals surface area contributed by atoms with Crippen LogP contribution in [0.15, 0.2) is 59.9 Å². The Kier molecular flexibility index (Phi) is 6.99. The highest BCUT2D eigenvalue weighted by atomic mass is 32.2. The minimum Gasteiger partial charge on any atom is -0.493 e. The fraction of sp³-hybridized carbons (Fsp3) is 0.211. The summed E-state index contributed by atoms with van der Waals surface area (Å²) in [6, 6.07) is 11.6. The van der Waals surface area contributed by atoms with Crippen LogP contribution in [0.1, 0.15) is 0 Å². The summed E-state index contributed by atoms with van der Waals surface area (Å²) in [6.07, 6.45) is 3.08. The Hall–Kier alpha value is -3.44. The average molecular weight is 430 g/mol. The molecule has 0 amide bonds. The molecule has 3 N–H and O–H groups in total. The standard InChI is InChI=1S/C19H22N6O4S/c1-28-15-7-6-14(11-16(15)29-2)30(26,27)24-10-9-21-18-12-19(23-13-22-18)25-17-5-3-4-8-20-17/h3-8,11-13,24H,9-10H2,1-2H3,(H2,20,21,22,23,25). The maximum absolute atomic E-state index is 12.5. The summed E-state index contributed by atoms with van der Waals surface area (Å²) in [7, 11) is -0.765. The molecule has 0 atom stereocenters. The number of pyridine rings is 1. The van der Waals surface area contributed by atoms with E-state index in [4.69, 9.17) is 9.47 Å². The largest absolute Gasteiger partial charge is 0.493 e. The molecule has 3 rings (SSSR count). The van der Waals surface area contributed by atoms with Crippen molar-refractivity contribution in [3.05, 3.63) is 55.0 Å². The highest BCUT2D eigenvalue weighted by Gasteiger charge is 2.16. The number of nitrogens with zero attached hydrogens (tertiary/aromatic N) is 3.